The monoisotopic (exact) mass is 185 g/mol. The lowest BCUT2D eigenvalue weighted by Crippen LogP contribution is -2.04. The summed E-state index contributed by atoms with van der Waals surface area (Å²) in [5.41, 5.74) is 0.587. The lowest BCUT2D eigenvalue weighted by molar-refractivity contribution is 0.0693. The summed E-state index contributed by atoms with van der Waals surface area (Å²) in [6.45, 7) is 2.01. The third kappa shape index (κ3) is 2.06. The van der Waals surface area contributed by atoms with Gasteiger partial charge >= 0.3 is 5.97 Å². The van der Waals surface area contributed by atoms with Gasteiger partial charge in [-0.05, 0) is 6.92 Å². The van der Waals surface area contributed by atoms with Crippen LogP contribution in [0.2, 0.25) is 0 Å². The predicted octanol–water partition coefficient (Wildman–Crippen LogP) is 0.870. The molecule has 1 rings (SSSR count). The van der Waals surface area contributed by atoms with E-state index >= 15 is 0 Å². The molecule has 1 aromatic heterocycles. The Morgan fingerprint density at radius 3 is 2.92 bits per heavy atom. The fourth-order valence-electron chi connectivity index (χ4n) is 1.06. The summed E-state index contributed by atoms with van der Waals surface area (Å²) >= 11 is 0. The summed E-state index contributed by atoms with van der Waals surface area (Å²) in [5, 5.41) is 12.4. The van der Waals surface area contributed by atoms with Crippen LogP contribution in [0.3, 0.4) is 0 Å². The van der Waals surface area contributed by atoms with Gasteiger partial charge in [0.25, 0.3) is 0 Å². The number of ether oxygens (including phenoxy) is 1. The number of aryl methyl sites for hydroxylation is 1. The Balaban J connectivity index is 2.87. The van der Waals surface area contributed by atoms with Gasteiger partial charge in [-0.3, -0.25) is 0 Å². The van der Waals surface area contributed by atoms with Crippen LogP contribution in [-0.4, -0.2) is 29.9 Å². The average Bonchev–Trinajstić information content (AvgIpc) is 2.43. The molecule has 1 aromatic rings. The lowest BCUT2D eigenvalue weighted by atomic mass is 10.1. The number of aromatic nitrogens is 1. The minimum Gasteiger partial charge on any atom is -0.477 e. The van der Waals surface area contributed by atoms with Crippen molar-refractivity contribution >= 4 is 5.97 Å². The Morgan fingerprint density at radius 1 is 1.69 bits per heavy atom. The lowest BCUT2D eigenvalue weighted by Gasteiger charge is -1.95. The first-order chi connectivity index (χ1) is 6.16. The zero-order valence-corrected chi connectivity index (χ0v) is 7.53. The molecule has 0 aliphatic heterocycles. The van der Waals surface area contributed by atoms with Crippen molar-refractivity contribution < 1.29 is 19.2 Å². The molecule has 0 atom stereocenters. The minimum atomic E-state index is -1.01. The number of hydrogen-bond acceptors (Lipinski definition) is 4. The molecule has 0 bridgehead atoms. The van der Waals surface area contributed by atoms with Crippen LogP contribution in [0, 0.1) is 6.92 Å². The van der Waals surface area contributed by atoms with E-state index in [0.717, 1.165) is 0 Å². The van der Waals surface area contributed by atoms with Gasteiger partial charge in [0, 0.05) is 13.5 Å². The largest absolute Gasteiger partial charge is 0.477 e. The van der Waals surface area contributed by atoms with Crippen LogP contribution in [0.5, 0.6) is 0 Å². The molecule has 1 N–H and O–H groups in total. The molecule has 0 spiro atoms. The highest BCUT2D eigenvalue weighted by molar-refractivity contribution is 5.89. The van der Waals surface area contributed by atoms with Crippen LogP contribution < -0.4 is 0 Å². The highest BCUT2D eigenvalue weighted by atomic mass is 16.5. The van der Waals surface area contributed by atoms with Crippen molar-refractivity contribution in [2.24, 2.45) is 0 Å². The van der Waals surface area contributed by atoms with Gasteiger partial charge in [-0.1, -0.05) is 5.16 Å². The summed E-state index contributed by atoms with van der Waals surface area (Å²) in [7, 11) is 1.55. The molecule has 72 valence electrons. The normalized spacial score (nSPS) is 10.3. The molecular formula is C8H11NO4. The Bertz CT molecular complexity index is 305. The van der Waals surface area contributed by atoms with Gasteiger partial charge in [0.1, 0.15) is 17.0 Å². The van der Waals surface area contributed by atoms with E-state index in [1.54, 1.807) is 14.0 Å². The third-order valence-electron chi connectivity index (χ3n) is 1.69. The molecule has 5 heteroatoms. The number of carboxylic acids is 1. The number of carbonyl (C=O) groups is 1. The molecule has 0 aliphatic carbocycles. The highest BCUT2D eigenvalue weighted by Gasteiger charge is 2.18. The van der Waals surface area contributed by atoms with Crippen molar-refractivity contribution in [3.8, 4) is 0 Å². The van der Waals surface area contributed by atoms with Gasteiger partial charge in [-0.25, -0.2) is 4.79 Å². The molecule has 13 heavy (non-hydrogen) atoms. The van der Waals surface area contributed by atoms with Crippen molar-refractivity contribution in [2.45, 2.75) is 13.3 Å². The van der Waals surface area contributed by atoms with Crippen LogP contribution in [-0.2, 0) is 11.2 Å². The van der Waals surface area contributed by atoms with Crippen molar-refractivity contribution in [1.82, 2.24) is 5.16 Å². The van der Waals surface area contributed by atoms with Crippen molar-refractivity contribution in [2.75, 3.05) is 13.7 Å². The van der Waals surface area contributed by atoms with Crippen LogP contribution in [0.25, 0.3) is 0 Å². The topological polar surface area (TPSA) is 72.6 Å². The second kappa shape index (κ2) is 4.04. The second-order valence-corrected chi connectivity index (χ2v) is 2.61. The summed E-state index contributed by atoms with van der Waals surface area (Å²) in [6.07, 6.45) is 0.454. The molecule has 0 radical (unpaired) electrons. The molecule has 0 saturated heterocycles. The number of nitrogens with zero attached hydrogens (tertiary/aromatic N) is 1. The highest BCUT2D eigenvalue weighted by Crippen LogP contribution is 2.13. The van der Waals surface area contributed by atoms with Crippen LogP contribution >= 0.6 is 0 Å². The van der Waals surface area contributed by atoms with Crippen LogP contribution in [0.15, 0.2) is 4.52 Å². The van der Waals surface area contributed by atoms with Crippen molar-refractivity contribution in [1.29, 1.82) is 0 Å². The number of hydrogen-bond donors (Lipinski definition) is 1. The number of methoxy groups -OCH3 is 1. The average molecular weight is 185 g/mol. The first-order valence-electron chi connectivity index (χ1n) is 3.84. The zero-order valence-electron chi connectivity index (χ0n) is 7.53. The Kier molecular flexibility index (Phi) is 3.02. The Morgan fingerprint density at radius 2 is 2.38 bits per heavy atom. The summed E-state index contributed by atoms with van der Waals surface area (Å²) in [6, 6.07) is 0. The van der Waals surface area contributed by atoms with E-state index in [9.17, 15) is 4.79 Å². The molecule has 0 aromatic carbocycles. The number of rotatable bonds is 4. The van der Waals surface area contributed by atoms with E-state index in [4.69, 9.17) is 14.4 Å². The number of aromatic carboxylic acids is 1. The van der Waals surface area contributed by atoms with Crippen LogP contribution in [0.1, 0.15) is 21.8 Å². The van der Waals surface area contributed by atoms with Crippen molar-refractivity contribution in [3.63, 3.8) is 0 Å². The van der Waals surface area contributed by atoms with Gasteiger partial charge in [0.05, 0.1) is 6.61 Å². The molecule has 5 nitrogen and oxygen atoms in total. The summed E-state index contributed by atoms with van der Waals surface area (Å²) in [4.78, 5) is 10.7. The van der Waals surface area contributed by atoms with E-state index in [2.05, 4.69) is 5.16 Å². The Labute approximate surface area is 75.3 Å². The second-order valence-electron chi connectivity index (χ2n) is 2.61. The van der Waals surface area contributed by atoms with Gasteiger partial charge in [-0.2, -0.15) is 0 Å². The van der Waals surface area contributed by atoms with Crippen LogP contribution in [0.4, 0.5) is 0 Å². The number of carboxylic acid groups (broad SMARTS) is 1. The maximum absolute atomic E-state index is 10.7. The molecule has 0 amide bonds. The third-order valence-corrected chi connectivity index (χ3v) is 1.69. The van der Waals surface area contributed by atoms with E-state index in [-0.39, 0.29) is 5.56 Å². The van der Waals surface area contributed by atoms with E-state index in [1.807, 2.05) is 0 Å². The zero-order chi connectivity index (χ0) is 9.84. The summed E-state index contributed by atoms with van der Waals surface area (Å²) in [5.74, 6) is -0.677. The smallest absolute Gasteiger partial charge is 0.341 e. The maximum Gasteiger partial charge on any atom is 0.341 e. The molecule has 0 unspecified atom stereocenters. The maximum atomic E-state index is 10.7. The van der Waals surface area contributed by atoms with Gasteiger partial charge in [-0.15, -0.1) is 0 Å². The quantitative estimate of drug-likeness (QED) is 0.753. The van der Waals surface area contributed by atoms with E-state index in [1.165, 1.54) is 0 Å². The molecule has 0 aliphatic rings. The predicted molar refractivity (Wildman–Crippen MR) is 43.8 cm³/mol. The minimum absolute atomic E-state index is 0.150. The van der Waals surface area contributed by atoms with Crippen molar-refractivity contribution in [3.05, 3.63) is 17.0 Å². The Hall–Kier alpha value is -1.36. The molecular weight excluding hydrogens is 174 g/mol. The first kappa shape index (κ1) is 9.73. The molecule has 0 fully saturated rings. The van der Waals surface area contributed by atoms with E-state index in [0.29, 0.717) is 24.5 Å². The van der Waals surface area contributed by atoms with Gasteiger partial charge in [0.15, 0.2) is 0 Å². The fourth-order valence-corrected chi connectivity index (χ4v) is 1.06. The fraction of sp³-hybridized carbons (Fsp3) is 0.500. The van der Waals surface area contributed by atoms with Gasteiger partial charge < -0.3 is 14.4 Å². The van der Waals surface area contributed by atoms with E-state index < -0.39 is 5.97 Å². The molecule has 0 saturated carbocycles. The van der Waals surface area contributed by atoms with Gasteiger partial charge in [0.2, 0.25) is 0 Å². The first-order valence-corrected chi connectivity index (χ1v) is 3.84. The summed E-state index contributed by atoms with van der Waals surface area (Å²) < 4.78 is 9.58. The SMILES string of the molecule is COCCc1noc(C)c1C(=O)O. The standard InChI is InChI=1S/C8H11NO4/c1-5-7(8(10)11)6(9-13-5)3-4-12-2/h3-4H2,1-2H3,(H,10,11). The molecule has 1 heterocycles.